The van der Waals surface area contributed by atoms with Gasteiger partial charge in [0.15, 0.2) is 10.9 Å². The van der Waals surface area contributed by atoms with Gasteiger partial charge >= 0.3 is 0 Å². The summed E-state index contributed by atoms with van der Waals surface area (Å²) in [6.07, 6.45) is 3.29. The number of furan rings is 1. The number of likely N-dealkylation sites (N-methyl/N-ethyl adjacent to an activating group) is 1. The van der Waals surface area contributed by atoms with Crippen LogP contribution in [-0.2, 0) is 17.8 Å². The molecule has 3 rings (SSSR count). The molecule has 0 aliphatic carbocycles. The first-order valence-electron chi connectivity index (χ1n) is 7.55. The summed E-state index contributed by atoms with van der Waals surface area (Å²) in [5, 5.41) is 4.83. The summed E-state index contributed by atoms with van der Waals surface area (Å²) in [5.74, 6) is -0.229. The van der Waals surface area contributed by atoms with Crippen molar-refractivity contribution in [2.75, 3.05) is 12.4 Å². The molecule has 8 heteroatoms. The number of rotatable bonds is 6. The van der Waals surface area contributed by atoms with Gasteiger partial charge in [-0.3, -0.25) is 19.9 Å². The topological polar surface area (TPSA) is 88.3 Å². The average molecular weight is 356 g/mol. The summed E-state index contributed by atoms with van der Waals surface area (Å²) >= 11 is 1.27. The Labute approximate surface area is 148 Å². The van der Waals surface area contributed by atoms with Gasteiger partial charge in [0.05, 0.1) is 30.6 Å². The zero-order valence-electron chi connectivity index (χ0n) is 13.5. The predicted octanol–water partition coefficient (Wildman–Crippen LogP) is 2.58. The Morgan fingerprint density at radius 1 is 1.24 bits per heavy atom. The lowest BCUT2D eigenvalue weighted by molar-refractivity contribution is -0.129. The van der Waals surface area contributed by atoms with Crippen molar-refractivity contribution in [1.82, 2.24) is 14.9 Å². The van der Waals surface area contributed by atoms with Gasteiger partial charge in [-0.2, -0.15) is 0 Å². The molecule has 0 spiro atoms. The van der Waals surface area contributed by atoms with E-state index in [9.17, 15) is 9.59 Å². The fraction of sp³-hybridized carbons (Fsp3) is 0.176. The van der Waals surface area contributed by atoms with E-state index >= 15 is 0 Å². The van der Waals surface area contributed by atoms with Gasteiger partial charge in [-0.15, -0.1) is 11.3 Å². The zero-order valence-corrected chi connectivity index (χ0v) is 14.3. The van der Waals surface area contributed by atoms with E-state index in [0.29, 0.717) is 17.4 Å². The third-order valence-corrected chi connectivity index (χ3v) is 4.21. The second-order valence-electron chi connectivity index (χ2n) is 5.32. The highest BCUT2D eigenvalue weighted by Crippen LogP contribution is 2.17. The number of hydrogen-bond donors (Lipinski definition) is 1. The molecule has 0 aliphatic rings. The van der Waals surface area contributed by atoms with Crippen molar-refractivity contribution in [3.05, 3.63) is 65.3 Å². The minimum Gasteiger partial charge on any atom is -0.459 e. The molecule has 0 aliphatic heterocycles. The number of nitrogens with one attached hydrogen (secondary N) is 1. The molecule has 25 heavy (non-hydrogen) atoms. The summed E-state index contributed by atoms with van der Waals surface area (Å²) in [5.41, 5.74) is 1.43. The number of amides is 2. The van der Waals surface area contributed by atoms with E-state index in [4.69, 9.17) is 4.42 Å². The molecule has 3 aromatic rings. The molecule has 0 bridgehead atoms. The first-order chi connectivity index (χ1) is 12.1. The van der Waals surface area contributed by atoms with Crippen LogP contribution < -0.4 is 5.32 Å². The Morgan fingerprint density at radius 3 is 2.84 bits per heavy atom. The molecule has 1 N–H and O–H groups in total. The lowest BCUT2D eigenvalue weighted by atomic mass is 10.3. The van der Waals surface area contributed by atoms with Gasteiger partial charge in [-0.1, -0.05) is 6.07 Å². The average Bonchev–Trinajstić information content (AvgIpc) is 3.28. The van der Waals surface area contributed by atoms with E-state index < -0.39 is 0 Å². The van der Waals surface area contributed by atoms with E-state index in [1.807, 2.05) is 18.2 Å². The van der Waals surface area contributed by atoms with E-state index in [-0.39, 0.29) is 24.0 Å². The van der Waals surface area contributed by atoms with Crippen LogP contribution in [0.5, 0.6) is 0 Å². The first-order valence-corrected chi connectivity index (χ1v) is 8.43. The van der Waals surface area contributed by atoms with Crippen LogP contribution in [0.25, 0.3) is 0 Å². The number of thiazole rings is 1. The molecule has 3 aromatic heterocycles. The number of carbonyl (C=O) groups is 2. The molecule has 0 aromatic carbocycles. The van der Waals surface area contributed by atoms with Crippen LogP contribution >= 0.6 is 11.3 Å². The van der Waals surface area contributed by atoms with Crippen LogP contribution in [0.4, 0.5) is 5.13 Å². The second-order valence-corrected chi connectivity index (χ2v) is 6.18. The molecular weight excluding hydrogens is 340 g/mol. The van der Waals surface area contributed by atoms with Gasteiger partial charge in [0.1, 0.15) is 0 Å². The van der Waals surface area contributed by atoms with Crippen LogP contribution in [0, 0.1) is 0 Å². The number of carbonyl (C=O) groups excluding carboxylic acids is 2. The summed E-state index contributed by atoms with van der Waals surface area (Å²) in [6.45, 7) is 0.436. The molecule has 0 unspecified atom stereocenters. The van der Waals surface area contributed by atoms with E-state index in [1.165, 1.54) is 17.6 Å². The highest BCUT2D eigenvalue weighted by Gasteiger charge is 2.15. The molecule has 3 heterocycles. The highest BCUT2D eigenvalue weighted by atomic mass is 32.1. The van der Waals surface area contributed by atoms with Crippen molar-refractivity contribution >= 4 is 28.3 Å². The van der Waals surface area contributed by atoms with Gasteiger partial charge in [-0.05, 0) is 24.3 Å². The number of aromatic nitrogens is 2. The summed E-state index contributed by atoms with van der Waals surface area (Å²) in [4.78, 5) is 34.3. The van der Waals surface area contributed by atoms with Gasteiger partial charge in [0.25, 0.3) is 5.91 Å². The molecule has 0 fully saturated rings. The molecule has 0 saturated carbocycles. The first kappa shape index (κ1) is 16.8. The maximum atomic E-state index is 12.3. The fourth-order valence-corrected chi connectivity index (χ4v) is 2.83. The third-order valence-electron chi connectivity index (χ3n) is 3.40. The maximum Gasteiger partial charge on any atom is 0.293 e. The molecule has 128 valence electrons. The smallest absolute Gasteiger partial charge is 0.293 e. The van der Waals surface area contributed by atoms with E-state index in [1.54, 1.807) is 35.7 Å². The van der Waals surface area contributed by atoms with Crippen molar-refractivity contribution in [3.63, 3.8) is 0 Å². The lowest BCUT2D eigenvalue weighted by Crippen LogP contribution is -2.28. The Morgan fingerprint density at radius 2 is 2.12 bits per heavy atom. The van der Waals surface area contributed by atoms with Gasteiger partial charge in [0, 0.05) is 18.6 Å². The second kappa shape index (κ2) is 7.71. The quantitative estimate of drug-likeness (QED) is 0.733. The van der Waals surface area contributed by atoms with E-state index in [2.05, 4.69) is 15.3 Å². The van der Waals surface area contributed by atoms with Crippen molar-refractivity contribution in [1.29, 1.82) is 0 Å². The molecular formula is C17H16N4O3S. The Hall–Kier alpha value is -3.00. The van der Waals surface area contributed by atoms with Crippen molar-refractivity contribution in [3.8, 4) is 0 Å². The van der Waals surface area contributed by atoms with Crippen molar-refractivity contribution in [2.45, 2.75) is 13.0 Å². The van der Waals surface area contributed by atoms with Crippen LogP contribution in [0.15, 0.2) is 52.6 Å². The third kappa shape index (κ3) is 4.51. The van der Waals surface area contributed by atoms with Crippen LogP contribution in [0.3, 0.4) is 0 Å². The SMILES string of the molecule is CN(Cc1ccccn1)C(=O)Cc1csc(NC(=O)c2ccco2)n1. The van der Waals surface area contributed by atoms with Crippen molar-refractivity contribution in [2.24, 2.45) is 0 Å². The fourth-order valence-electron chi connectivity index (χ4n) is 2.12. The summed E-state index contributed by atoms with van der Waals surface area (Å²) < 4.78 is 5.03. The predicted molar refractivity (Wildman–Crippen MR) is 93.2 cm³/mol. The Balaban J connectivity index is 1.55. The Bertz CT molecular complexity index is 846. The molecule has 0 saturated heterocycles. The van der Waals surface area contributed by atoms with Gasteiger partial charge in [0.2, 0.25) is 5.91 Å². The van der Waals surface area contributed by atoms with E-state index in [0.717, 1.165) is 5.69 Å². The number of anilines is 1. The standard InChI is InChI=1S/C17H16N4O3S/c1-21(10-12-5-2-3-7-18-12)15(22)9-13-11-25-17(19-13)20-16(23)14-6-4-8-24-14/h2-8,11H,9-10H2,1H3,(H,19,20,23). The maximum absolute atomic E-state index is 12.3. The summed E-state index contributed by atoms with van der Waals surface area (Å²) in [7, 11) is 1.73. The van der Waals surface area contributed by atoms with Crippen molar-refractivity contribution < 1.29 is 14.0 Å². The van der Waals surface area contributed by atoms with Gasteiger partial charge in [-0.25, -0.2) is 4.98 Å². The lowest BCUT2D eigenvalue weighted by Gasteiger charge is -2.15. The Kier molecular flexibility index (Phi) is 5.20. The molecule has 2 amide bonds. The molecule has 0 radical (unpaired) electrons. The van der Waals surface area contributed by atoms with Crippen LogP contribution in [-0.4, -0.2) is 33.7 Å². The highest BCUT2D eigenvalue weighted by molar-refractivity contribution is 7.14. The van der Waals surface area contributed by atoms with Gasteiger partial charge < -0.3 is 9.32 Å². The number of pyridine rings is 1. The zero-order chi connectivity index (χ0) is 17.6. The number of hydrogen-bond acceptors (Lipinski definition) is 6. The molecule has 7 nitrogen and oxygen atoms in total. The molecule has 0 atom stereocenters. The summed E-state index contributed by atoms with van der Waals surface area (Å²) in [6, 6.07) is 8.79. The van der Waals surface area contributed by atoms with Crippen LogP contribution in [0.1, 0.15) is 21.9 Å². The minimum absolute atomic E-state index is 0.0696. The normalized spacial score (nSPS) is 10.4. The number of nitrogens with zero attached hydrogens (tertiary/aromatic N) is 3. The largest absolute Gasteiger partial charge is 0.459 e. The monoisotopic (exact) mass is 356 g/mol. The van der Waals surface area contributed by atoms with Crippen LogP contribution in [0.2, 0.25) is 0 Å². The minimum atomic E-state index is -0.371.